The minimum atomic E-state index is -0.532. The summed E-state index contributed by atoms with van der Waals surface area (Å²) in [5.74, 6) is -0.206. The molecule has 4 aliphatic heterocycles. The average molecular weight is 791 g/mol. The van der Waals surface area contributed by atoms with Crippen molar-refractivity contribution in [3.05, 3.63) is 59.7 Å². The highest BCUT2D eigenvalue weighted by atomic mass is 16.2. The van der Waals surface area contributed by atoms with Crippen LogP contribution in [0.3, 0.4) is 0 Å². The van der Waals surface area contributed by atoms with E-state index in [0.717, 1.165) is 97.4 Å². The van der Waals surface area contributed by atoms with Crippen molar-refractivity contribution in [3.63, 3.8) is 0 Å². The van der Waals surface area contributed by atoms with Crippen LogP contribution in [0.5, 0.6) is 0 Å². The molecule has 0 unspecified atom stereocenters. The fraction of sp³-hybridized carbons (Fsp3) is 0.565. The van der Waals surface area contributed by atoms with Gasteiger partial charge < -0.3 is 41.0 Å². The molecule has 4 saturated heterocycles. The lowest BCUT2D eigenvalue weighted by Crippen LogP contribution is -2.56. The van der Waals surface area contributed by atoms with Crippen LogP contribution in [0.2, 0.25) is 0 Å². The molecule has 2 aromatic carbocycles. The first kappa shape index (κ1) is 40.1. The molecule has 0 bridgehead atoms. The van der Waals surface area contributed by atoms with E-state index in [-0.39, 0.29) is 59.9 Å². The number of amides is 4. The Hall–Kier alpha value is -4.68. The summed E-state index contributed by atoms with van der Waals surface area (Å²) in [5.41, 5.74) is 6.52. The molecule has 4 aromatic rings. The fourth-order valence-electron chi connectivity index (χ4n) is 10.5. The Kier molecular flexibility index (Phi) is 11.9. The molecule has 58 heavy (non-hydrogen) atoms. The highest BCUT2D eigenvalue weighted by Crippen LogP contribution is 2.42. The van der Waals surface area contributed by atoms with Gasteiger partial charge in [-0.3, -0.25) is 19.2 Å². The van der Waals surface area contributed by atoms with Crippen molar-refractivity contribution in [2.75, 3.05) is 14.1 Å². The van der Waals surface area contributed by atoms with Crippen LogP contribution in [0.1, 0.15) is 102 Å². The Bertz CT molecular complexity index is 1990. The predicted octanol–water partition coefficient (Wildman–Crippen LogP) is 5.45. The van der Waals surface area contributed by atoms with Gasteiger partial charge in [0, 0.05) is 46.0 Å². The highest BCUT2D eigenvalue weighted by Gasteiger charge is 2.43. The Morgan fingerprint density at radius 1 is 0.603 bits per heavy atom. The third-order valence-electron chi connectivity index (χ3n) is 13.9. The van der Waals surface area contributed by atoms with Crippen molar-refractivity contribution < 1.29 is 19.2 Å². The first-order chi connectivity index (χ1) is 28.2. The van der Waals surface area contributed by atoms with E-state index >= 15 is 0 Å². The molecule has 6 N–H and O–H groups in total. The van der Waals surface area contributed by atoms with Gasteiger partial charge in [-0.05, 0) is 115 Å². The van der Waals surface area contributed by atoms with E-state index in [0.29, 0.717) is 25.7 Å². The van der Waals surface area contributed by atoms with E-state index in [1.165, 1.54) is 11.1 Å². The van der Waals surface area contributed by atoms with Crippen LogP contribution in [0.4, 0.5) is 0 Å². The van der Waals surface area contributed by atoms with Gasteiger partial charge in [0.15, 0.2) is 0 Å². The van der Waals surface area contributed by atoms with Crippen molar-refractivity contribution in [1.29, 1.82) is 0 Å². The molecule has 4 amide bonds. The second-order valence-electron chi connectivity index (χ2n) is 17.4. The van der Waals surface area contributed by atoms with Gasteiger partial charge in [-0.15, -0.1) is 0 Å². The zero-order valence-corrected chi connectivity index (χ0v) is 34.7. The summed E-state index contributed by atoms with van der Waals surface area (Å²) in [6, 6.07) is 15.4. The molecule has 0 radical (unpaired) electrons. The fourth-order valence-corrected chi connectivity index (χ4v) is 10.5. The maximum absolute atomic E-state index is 14.5. The largest absolute Gasteiger partial charge is 0.353 e. The molecule has 0 aliphatic carbocycles. The van der Waals surface area contributed by atoms with Crippen molar-refractivity contribution in [2.45, 2.75) is 152 Å². The zero-order valence-electron chi connectivity index (χ0n) is 34.7. The molecule has 0 saturated carbocycles. The quantitative estimate of drug-likeness (QED) is 0.119. The smallest absolute Gasteiger partial charge is 0.245 e. The number of carbonyl (C=O) groups is 4. The van der Waals surface area contributed by atoms with E-state index < -0.39 is 12.1 Å². The van der Waals surface area contributed by atoms with Gasteiger partial charge in [0.25, 0.3) is 0 Å². The van der Waals surface area contributed by atoms with Crippen LogP contribution in [0.25, 0.3) is 33.2 Å². The molecule has 4 aliphatic rings. The number of aromatic amines is 2. The Morgan fingerprint density at radius 3 is 1.41 bits per heavy atom. The number of fused-ring (bicyclic) bond motifs is 4. The number of hydrogen-bond acceptors (Lipinski definition) is 6. The van der Waals surface area contributed by atoms with Crippen molar-refractivity contribution in [2.24, 2.45) is 0 Å². The first-order valence-electron chi connectivity index (χ1n) is 22.0. The molecular weight excluding hydrogens is 729 g/mol. The van der Waals surface area contributed by atoms with Crippen LogP contribution < -0.4 is 21.3 Å². The van der Waals surface area contributed by atoms with Crippen molar-refractivity contribution >= 4 is 45.4 Å². The summed E-state index contributed by atoms with van der Waals surface area (Å²) in [7, 11) is 3.52. The number of aromatic nitrogens is 2. The van der Waals surface area contributed by atoms with E-state index in [1.807, 2.05) is 13.8 Å². The number of nitrogens with zero attached hydrogens (tertiary/aromatic N) is 2. The van der Waals surface area contributed by atoms with Crippen LogP contribution in [-0.2, 0) is 32.0 Å². The zero-order chi connectivity index (χ0) is 40.5. The SMILES string of the molecule is CN[C@@H](C)C(=O)N[C@H]1CCCC[C@H]2CC[C@@H](Cc3c(-c4[nH]c5ccccc5c4C[C@@H]4CC[C@@H]5CCCC[C@H](NC(=O)[C@H](C)NC)C(=O)N54)[nH]c4ccccc34)N2C1=O. The number of likely N-dealkylation sites (N-methyl/N-ethyl adjacent to an activating group) is 2. The van der Waals surface area contributed by atoms with Crippen LogP contribution in [0.15, 0.2) is 48.5 Å². The molecule has 310 valence electrons. The number of hydrogen-bond donors (Lipinski definition) is 6. The summed E-state index contributed by atoms with van der Waals surface area (Å²) in [4.78, 5) is 67.0. The second kappa shape index (κ2) is 17.3. The molecule has 4 fully saturated rings. The van der Waals surface area contributed by atoms with Gasteiger partial charge in [-0.2, -0.15) is 0 Å². The number of benzene rings is 2. The molecule has 2 aromatic heterocycles. The molecule has 0 spiro atoms. The lowest BCUT2D eigenvalue weighted by atomic mass is 9.94. The van der Waals surface area contributed by atoms with Crippen LogP contribution >= 0.6 is 0 Å². The number of rotatable bonds is 11. The summed E-state index contributed by atoms with van der Waals surface area (Å²) in [6.07, 6.45) is 12.3. The van der Waals surface area contributed by atoms with E-state index in [2.05, 4.69) is 89.6 Å². The van der Waals surface area contributed by atoms with Gasteiger partial charge in [-0.25, -0.2) is 0 Å². The average Bonchev–Trinajstić information content (AvgIpc) is 4.01. The molecule has 12 heteroatoms. The molecule has 6 heterocycles. The third-order valence-corrected chi connectivity index (χ3v) is 13.9. The standard InChI is InChI=1S/C46H62N8O4/c1-27(47-3)43(55)51-39-19-9-5-13-29-21-23-31(53(29)45(39)57)25-35-33-15-7-11-17-37(33)49-41(35)42-36(34-16-8-12-18-38(34)50-42)26-32-24-22-30-14-6-10-20-40(46(58)54(30)32)52-44(56)28(2)48-4/h7-8,11-12,15-18,27-32,39-40,47-50H,5-6,9-10,13-14,19-26H2,1-4H3,(H,51,55)(H,52,56)/t27-,28-,29-,30-,31-,32-,39-,40-/m0/s1. The normalized spacial score (nSPS) is 26.4. The summed E-state index contributed by atoms with van der Waals surface area (Å²) >= 11 is 0. The molecular formula is C46H62N8O4. The lowest BCUT2D eigenvalue weighted by Gasteiger charge is -2.36. The minimum Gasteiger partial charge on any atom is -0.353 e. The first-order valence-corrected chi connectivity index (χ1v) is 22.0. The predicted molar refractivity (Wildman–Crippen MR) is 228 cm³/mol. The topological polar surface area (TPSA) is 154 Å². The van der Waals surface area contributed by atoms with Gasteiger partial charge in [-0.1, -0.05) is 62.1 Å². The number of nitrogens with one attached hydrogen (secondary N) is 6. The molecule has 8 atom stereocenters. The second-order valence-corrected chi connectivity index (χ2v) is 17.4. The molecule has 8 rings (SSSR count). The number of H-pyrrole nitrogens is 2. The van der Waals surface area contributed by atoms with E-state index in [4.69, 9.17) is 0 Å². The summed E-state index contributed by atoms with van der Waals surface area (Å²) in [5, 5.41) is 14.5. The van der Waals surface area contributed by atoms with Gasteiger partial charge in [0.05, 0.1) is 23.5 Å². The minimum absolute atomic E-state index is 0.00507. The van der Waals surface area contributed by atoms with Crippen molar-refractivity contribution in [3.8, 4) is 11.4 Å². The molecule has 12 nitrogen and oxygen atoms in total. The maximum atomic E-state index is 14.5. The summed E-state index contributed by atoms with van der Waals surface area (Å²) < 4.78 is 0. The summed E-state index contributed by atoms with van der Waals surface area (Å²) in [6.45, 7) is 3.64. The Labute approximate surface area is 342 Å². The van der Waals surface area contributed by atoms with E-state index in [9.17, 15) is 19.2 Å². The van der Waals surface area contributed by atoms with Gasteiger partial charge >= 0.3 is 0 Å². The van der Waals surface area contributed by atoms with E-state index in [1.54, 1.807) is 14.1 Å². The monoisotopic (exact) mass is 790 g/mol. The van der Waals surface area contributed by atoms with Crippen LogP contribution in [0, 0.1) is 0 Å². The number of para-hydroxylation sites is 2. The van der Waals surface area contributed by atoms with Gasteiger partial charge in [0.1, 0.15) is 12.1 Å². The highest BCUT2D eigenvalue weighted by molar-refractivity contribution is 5.97. The number of carbonyl (C=O) groups excluding carboxylic acids is 4. The third kappa shape index (κ3) is 7.77. The van der Waals surface area contributed by atoms with Crippen molar-refractivity contribution in [1.82, 2.24) is 41.0 Å². The Balaban J connectivity index is 1.14. The Morgan fingerprint density at radius 2 is 1.00 bits per heavy atom. The maximum Gasteiger partial charge on any atom is 0.245 e. The lowest BCUT2D eigenvalue weighted by molar-refractivity contribution is -0.140. The van der Waals surface area contributed by atoms with Crippen LogP contribution in [-0.4, -0.2) is 106 Å². The van der Waals surface area contributed by atoms with Gasteiger partial charge in [0.2, 0.25) is 23.6 Å².